The second-order valence-electron chi connectivity index (χ2n) is 7.83. The summed E-state index contributed by atoms with van der Waals surface area (Å²) in [7, 11) is 0. The Morgan fingerprint density at radius 2 is 1.83 bits per heavy atom. The molecule has 2 heterocycles. The average Bonchev–Trinajstić information content (AvgIpc) is 2.76. The monoisotopic (exact) mass is 404 g/mol. The van der Waals surface area contributed by atoms with Crippen LogP contribution in [0.1, 0.15) is 30.2 Å². The number of carbonyl (C=O) groups excluding carboxylic acids is 1. The molecule has 0 aliphatic carbocycles. The Hall–Kier alpha value is -3.08. The van der Waals surface area contributed by atoms with Crippen molar-refractivity contribution >= 4 is 16.8 Å². The number of hydrogen-bond acceptors (Lipinski definition) is 4. The van der Waals surface area contributed by atoms with Crippen molar-refractivity contribution in [3.8, 4) is 11.5 Å². The first kappa shape index (κ1) is 20.2. The Labute approximate surface area is 177 Å². The van der Waals surface area contributed by atoms with Gasteiger partial charge in [-0.2, -0.15) is 0 Å². The normalized spacial score (nSPS) is 15.2. The molecule has 30 heavy (non-hydrogen) atoms. The van der Waals surface area contributed by atoms with Gasteiger partial charge in [0.1, 0.15) is 6.61 Å². The fourth-order valence-corrected chi connectivity index (χ4v) is 4.08. The molecule has 0 saturated heterocycles. The van der Waals surface area contributed by atoms with Crippen LogP contribution in [0.25, 0.3) is 10.9 Å². The standard InChI is InChI=1S/C25H28N2O3/c1-4-13-27(15-19-16-29-23-11-7-8-12-24(23)30-19)25(28)14-21-17(2)20-9-5-6-10-22(20)26-18(21)3/h5-12,19H,4,13-16H2,1-3H3/t19-/m0/s1. The summed E-state index contributed by atoms with van der Waals surface area (Å²) in [5.74, 6) is 1.60. The summed E-state index contributed by atoms with van der Waals surface area (Å²) in [5, 5.41) is 1.11. The molecule has 5 heteroatoms. The molecule has 0 spiro atoms. The van der Waals surface area contributed by atoms with Gasteiger partial charge in [0.2, 0.25) is 5.91 Å². The average molecular weight is 405 g/mol. The zero-order chi connectivity index (χ0) is 21.1. The minimum Gasteiger partial charge on any atom is -0.486 e. The first-order chi connectivity index (χ1) is 14.6. The van der Waals surface area contributed by atoms with Gasteiger partial charge in [-0.25, -0.2) is 0 Å². The summed E-state index contributed by atoms with van der Waals surface area (Å²) in [6.45, 7) is 7.81. The van der Waals surface area contributed by atoms with Crippen LogP contribution in [0.3, 0.4) is 0 Å². The third kappa shape index (κ3) is 4.11. The zero-order valence-electron chi connectivity index (χ0n) is 17.9. The lowest BCUT2D eigenvalue weighted by molar-refractivity contribution is -0.132. The summed E-state index contributed by atoms with van der Waals surface area (Å²) in [5.41, 5.74) is 4.04. The zero-order valence-corrected chi connectivity index (χ0v) is 17.9. The van der Waals surface area contributed by atoms with E-state index in [9.17, 15) is 4.79 Å². The van der Waals surface area contributed by atoms with Gasteiger partial charge in [-0.1, -0.05) is 37.3 Å². The van der Waals surface area contributed by atoms with Crippen molar-refractivity contribution in [1.29, 1.82) is 0 Å². The second-order valence-corrected chi connectivity index (χ2v) is 7.83. The number of hydrogen-bond donors (Lipinski definition) is 0. The number of carbonyl (C=O) groups is 1. The number of aryl methyl sites for hydroxylation is 2. The molecule has 0 saturated carbocycles. The lowest BCUT2D eigenvalue weighted by atomic mass is 9.99. The molecule has 4 rings (SSSR count). The van der Waals surface area contributed by atoms with Gasteiger partial charge in [-0.3, -0.25) is 9.78 Å². The van der Waals surface area contributed by atoms with E-state index in [1.54, 1.807) is 0 Å². The summed E-state index contributed by atoms with van der Waals surface area (Å²) < 4.78 is 11.9. The highest BCUT2D eigenvalue weighted by Gasteiger charge is 2.26. The Morgan fingerprint density at radius 1 is 1.10 bits per heavy atom. The van der Waals surface area contributed by atoms with Gasteiger partial charge < -0.3 is 14.4 Å². The Bertz CT molecular complexity index is 1060. The van der Waals surface area contributed by atoms with E-state index in [1.165, 1.54) is 0 Å². The van der Waals surface area contributed by atoms with Crippen LogP contribution in [0.2, 0.25) is 0 Å². The molecule has 1 aliphatic heterocycles. The maximum Gasteiger partial charge on any atom is 0.227 e. The number of nitrogens with zero attached hydrogens (tertiary/aromatic N) is 2. The van der Waals surface area contributed by atoms with Gasteiger partial charge in [0.05, 0.1) is 18.5 Å². The van der Waals surface area contributed by atoms with Crippen LogP contribution in [0, 0.1) is 13.8 Å². The lowest BCUT2D eigenvalue weighted by Crippen LogP contribution is -2.44. The molecule has 0 fully saturated rings. The fourth-order valence-electron chi connectivity index (χ4n) is 4.08. The van der Waals surface area contributed by atoms with Crippen molar-refractivity contribution in [2.75, 3.05) is 19.7 Å². The maximum absolute atomic E-state index is 13.3. The van der Waals surface area contributed by atoms with E-state index in [1.807, 2.05) is 54.3 Å². The first-order valence-electron chi connectivity index (χ1n) is 10.6. The molecule has 1 atom stereocenters. The van der Waals surface area contributed by atoms with Crippen molar-refractivity contribution in [2.24, 2.45) is 0 Å². The summed E-state index contributed by atoms with van der Waals surface area (Å²) in [4.78, 5) is 19.9. The molecule has 156 valence electrons. The number of aromatic nitrogens is 1. The molecule has 2 aromatic carbocycles. The molecule has 1 aliphatic rings. The number of fused-ring (bicyclic) bond motifs is 2. The van der Waals surface area contributed by atoms with Gasteiger partial charge in [-0.05, 0) is 49.6 Å². The SMILES string of the molecule is CCCN(C[C@H]1COc2ccccc2O1)C(=O)Cc1c(C)nc2ccccc2c1C. The maximum atomic E-state index is 13.3. The van der Waals surface area contributed by atoms with Gasteiger partial charge in [0.15, 0.2) is 17.6 Å². The van der Waals surface area contributed by atoms with Crippen LogP contribution < -0.4 is 9.47 Å². The number of rotatable bonds is 6. The largest absolute Gasteiger partial charge is 0.486 e. The van der Waals surface area contributed by atoms with Gasteiger partial charge >= 0.3 is 0 Å². The Balaban J connectivity index is 1.51. The molecular formula is C25H28N2O3. The van der Waals surface area contributed by atoms with E-state index >= 15 is 0 Å². The number of pyridine rings is 1. The van der Waals surface area contributed by atoms with E-state index in [0.717, 1.165) is 45.6 Å². The minimum absolute atomic E-state index is 0.0996. The van der Waals surface area contributed by atoms with E-state index in [2.05, 4.69) is 19.9 Å². The van der Waals surface area contributed by atoms with Crippen molar-refractivity contribution in [3.05, 3.63) is 65.4 Å². The van der Waals surface area contributed by atoms with Crippen molar-refractivity contribution < 1.29 is 14.3 Å². The Kier molecular flexibility index (Phi) is 5.88. The van der Waals surface area contributed by atoms with E-state index in [-0.39, 0.29) is 12.0 Å². The van der Waals surface area contributed by atoms with Crippen LogP contribution in [0.15, 0.2) is 48.5 Å². The highest BCUT2D eigenvalue weighted by Crippen LogP contribution is 2.31. The molecule has 3 aromatic rings. The van der Waals surface area contributed by atoms with Crippen LogP contribution in [-0.4, -0.2) is 41.6 Å². The molecule has 1 amide bonds. The summed E-state index contributed by atoms with van der Waals surface area (Å²) in [6, 6.07) is 15.8. The fraction of sp³-hybridized carbons (Fsp3) is 0.360. The molecule has 0 radical (unpaired) electrons. The van der Waals surface area contributed by atoms with Crippen molar-refractivity contribution in [2.45, 2.75) is 39.7 Å². The highest BCUT2D eigenvalue weighted by atomic mass is 16.6. The van der Waals surface area contributed by atoms with Crippen LogP contribution >= 0.6 is 0 Å². The van der Waals surface area contributed by atoms with Crippen molar-refractivity contribution in [1.82, 2.24) is 9.88 Å². The van der Waals surface area contributed by atoms with Crippen LogP contribution in [0.5, 0.6) is 11.5 Å². The number of amides is 1. The molecule has 0 N–H and O–H groups in total. The molecule has 0 unspecified atom stereocenters. The Morgan fingerprint density at radius 3 is 2.63 bits per heavy atom. The van der Waals surface area contributed by atoms with Crippen LogP contribution in [-0.2, 0) is 11.2 Å². The smallest absolute Gasteiger partial charge is 0.227 e. The predicted molar refractivity (Wildman–Crippen MR) is 118 cm³/mol. The third-order valence-electron chi connectivity index (χ3n) is 5.65. The second kappa shape index (κ2) is 8.74. The van der Waals surface area contributed by atoms with Gasteiger partial charge in [-0.15, -0.1) is 0 Å². The molecule has 0 bridgehead atoms. The van der Waals surface area contributed by atoms with E-state index in [4.69, 9.17) is 14.5 Å². The first-order valence-corrected chi connectivity index (χ1v) is 10.6. The third-order valence-corrected chi connectivity index (χ3v) is 5.65. The van der Waals surface area contributed by atoms with E-state index < -0.39 is 0 Å². The van der Waals surface area contributed by atoms with Gasteiger partial charge in [0.25, 0.3) is 0 Å². The molecule has 1 aromatic heterocycles. The van der Waals surface area contributed by atoms with Crippen molar-refractivity contribution in [3.63, 3.8) is 0 Å². The highest BCUT2D eigenvalue weighted by molar-refractivity contribution is 5.86. The van der Waals surface area contributed by atoms with E-state index in [0.29, 0.717) is 26.1 Å². The number of ether oxygens (including phenoxy) is 2. The predicted octanol–water partition coefficient (Wildman–Crippen LogP) is 4.47. The molecule has 5 nitrogen and oxygen atoms in total. The topological polar surface area (TPSA) is 51.7 Å². The minimum atomic E-state index is -0.174. The number of para-hydroxylation sites is 3. The quantitative estimate of drug-likeness (QED) is 0.608. The molecular weight excluding hydrogens is 376 g/mol. The summed E-state index contributed by atoms with van der Waals surface area (Å²) in [6.07, 6.45) is 1.07. The van der Waals surface area contributed by atoms with Gasteiger partial charge in [0, 0.05) is 17.6 Å². The number of benzene rings is 2. The van der Waals surface area contributed by atoms with Crippen LogP contribution in [0.4, 0.5) is 0 Å². The lowest BCUT2D eigenvalue weighted by Gasteiger charge is -2.31. The summed E-state index contributed by atoms with van der Waals surface area (Å²) >= 11 is 0.